The molecular formula is C16H31N3S. The molecule has 0 bridgehead atoms. The summed E-state index contributed by atoms with van der Waals surface area (Å²) < 4.78 is 0. The fraction of sp³-hybridized carbons (Fsp3) is 0.812. The second kappa shape index (κ2) is 7.41. The molecule has 0 fully saturated rings. The quantitative estimate of drug-likeness (QED) is 0.784. The summed E-state index contributed by atoms with van der Waals surface area (Å²) in [5.41, 5.74) is 1.41. The van der Waals surface area contributed by atoms with Crippen LogP contribution in [0.5, 0.6) is 0 Å². The van der Waals surface area contributed by atoms with Gasteiger partial charge in [0, 0.05) is 24.0 Å². The minimum atomic E-state index is 0.158. The van der Waals surface area contributed by atoms with Gasteiger partial charge in [0.15, 0.2) is 5.13 Å². The molecule has 0 amide bonds. The highest BCUT2D eigenvalue weighted by Crippen LogP contribution is 2.31. The van der Waals surface area contributed by atoms with Crippen LogP contribution in [0, 0.1) is 5.92 Å². The zero-order valence-corrected chi connectivity index (χ0v) is 15.0. The summed E-state index contributed by atoms with van der Waals surface area (Å²) in [5.74, 6) is 0.689. The number of nitrogens with one attached hydrogen (secondary N) is 1. The molecule has 1 rings (SSSR count). The Morgan fingerprint density at radius 3 is 2.45 bits per heavy atom. The van der Waals surface area contributed by atoms with Crippen molar-refractivity contribution >= 4 is 16.5 Å². The fourth-order valence-electron chi connectivity index (χ4n) is 1.90. The van der Waals surface area contributed by atoms with Gasteiger partial charge in [0.05, 0.1) is 5.69 Å². The van der Waals surface area contributed by atoms with Crippen LogP contribution in [0.1, 0.15) is 58.5 Å². The fourth-order valence-corrected chi connectivity index (χ4v) is 3.14. The summed E-state index contributed by atoms with van der Waals surface area (Å²) in [6.07, 6.45) is 2.13. The Morgan fingerprint density at radius 1 is 1.30 bits per heavy atom. The maximum atomic E-state index is 4.85. The van der Waals surface area contributed by atoms with E-state index < -0.39 is 0 Å². The molecule has 20 heavy (non-hydrogen) atoms. The van der Waals surface area contributed by atoms with Crippen LogP contribution in [0.3, 0.4) is 0 Å². The predicted molar refractivity (Wildman–Crippen MR) is 90.8 cm³/mol. The van der Waals surface area contributed by atoms with Crippen molar-refractivity contribution in [2.45, 2.75) is 66.5 Å². The van der Waals surface area contributed by atoms with Gasteiger partial charge in [-0.05, 0) is 39.2 Å². The first-order chi connectivity index (χ1) is 9.31. The number of aryl methyl sites for hydroxylation is 1. The van der Waals surface area contributed by atoms with E-state index in [4.69, 9.17) is 4.98 Å². The lowest BCUT2D eigenvalue weighted by Gasteiger charge is -2.34. The van der Waals surface area contributed by atoms with E-state index in [1.54, 1.807) is 0 Å². The van der Waals surface area contributed by atoms with Crippen LogP contribution in [0.15, 0.2) is 0 Å². The Balaban J connectivity index is 2.83. The molecule has 0 aliphatic carbocycles. The second-order valence-corrected chi connectivity index (χ2v) is 7.53. The van der Waals surface area contributed by atoms with Crippen molar-refractivity contribution in [3.63, 3.8) is 0 Å². The first-order valence-corrected chi connectivity index (χ1v) is 8.56. The minimum absolute atomic E-state index is 0.158. The maximum Gasteiger partial charge on any atom is 0.186 e. The van der Waals surface area contributed by atoms with Gasteiger partial charge in [-0.25, -0.2) is 4.98 Å². The van der Waals surface area contributed by atoms with Crippen LogP contribution in [0.25, 0.3) is 0 Å². The highest BCUT2D eigenvalue weighted by molar-refractivity contribution is 7.15. The van der Waals surface area contributed by atoms with Crippen molar-refractivity contribution in [3.05, 3.63) is 10.6 Å². The molecule has 0 spiro atoms. The molecular weight excluding hydrogens is 266 g/mol. The monoisotopic (exact) mass is 297 g/mol. The number of hydrogen-bond donors (Lipinski definition) is 1. The van der Waals surface area contributed by atoms with Crippen LogP contribution < -0.4 is 10.2 Å². The highest BCUT2D eigenvalue weighted by Gasteiger charge is 2.24. The summed E-state index contributed by atoms with van der Waals surface area (Å²) in [6, 6.07) is 0. The molecule has 3 nitrogen and oxygen atoms in total. The number of anilines is 1. The van der Waals surface area contributed by atoms with Crippen LogP contribution in [0.4, 0.5) is 5.13 Å². The standard InChI is InChI=1S/C16H31N3S/c1-8-13-14(11-17-10-12(3)4)20-15(18-13)19(7)16(5,6)9-2/h12,17H,8-11H2,1-7H3. The maximum absolute atomic E-state index is 4.85. The number of thiazole rings is 1. The van der Waals surface area contributed by atoms with Crippen molar-refractivity contribution in [2.75, 3.05) is 18.5 Å². The minimum Gasteiger partial charge on any atom is -0.346 e. The third kappa shape index (κ3) is 4.45. The Labute approximate surface area is 128 Å². The average molecular weight is 298 g/mol. The highest BCUT2D eigenvalue weighted by atomic mass is 32.1. The van der Waals surface area contributed by atoms with Gasteiger partial charge in [-0.15, -0.1) is 11.3 Å². The van der Waals surface area contributed by atoms with Gasteiger partial charge in [-0.2, -0.15) is 0 Å². The molecule has 0 saturated carbocycles. The van der Waals surface area contributed by atoms with Crippen molar-refractivity contribution in [1.82, 2.24) is 10.3 Å². The average Bonchev–Trinajstić information content (AvgIpc) is 2.80. The van der Waals surface area contributed by atoms with E-state index in [0.29, 0.717) is 5.92 Å². The normalized spacial score (nSPS) is 12.2. The first kappa shape index (κ1) is 17.4. The Hall–Kier alpha value is -0.610. The number of aromatic nitrogens is 1. The van der Waals surface area contributed by atoms with Gasteiger partial charge < -0.3 is 10.2 Å². The lowest BCUT2D eigenvalue weighted by molar-refractivity contribution is 0.470. The van der Waals surface area contributed by atoms with Gasteiger partial charge in [-0.3, -0.25) is 0 Å². The lowest BCUT2D eigenvalue weighted by Crippen LogP contribution is -2.40. The second-order valence-electron chi connectivity index (χ2n) is 6.47. The third-order valence-electron chi connectivity index (χ3n) is 4.00. The molecule has 1 aromatic heterocycles. The smallest absolute Gasteiger partial charge is 0.186 e. The number of rotatable bonds is 8. The molecule has 0 atom stereocenters. The van der Waals surface area contributed by atoms with Gasteiger partial charge >= 0.3 is 0 Å². The zero-order valence-electron chi connectivity index (χ0n) is 14.2. The van der Waals surface area contributed by atoms with E-state index in [1.807, 2.05) is 11.3 Å². The third-order valence-corrected chi connectivity index (χ3v) is 5.17. The van der Waals surface area contributed by atoms with Crippen molar-refractivity contribution < 1.29 is 0 Å². The molecule has 1 N–H and O–H groups in total. The summed E-state index contributed by atoms with van der Waals surface area (Å²) in [4.78, 5) is 8.56. The SMILES string of the molecule is CCc1nc(N(C)C(C)(C)CC)sc1CNCC(C)C. The van der Waals surface area contributed by atoms with E-state index in [-0.39, 0.29) is 5.54 Å². The van der Waals surface area contributed by atoms with E-state index >= 15 is 0 Å². The van der Waals surface area contributed by atoms with E-state index in [1.165, 1.54) is 10.6 Å². The predicted octanol–water partition coefficient (Wildman–Crippen LogP) is 4.08. The van der Waals surface area contributed by atoms with Crippen molar-refractivity contribution in [3.8, 4) is 0 Å². The van der Waals surface area contributed by atoms with Crippen LogP contribution >= 0.6 is 11.3 Å². The molecule has 0 aromatic carbocycles. The largest absolute Gasteiger partial charge is 0.346 e. The van der Waals surface area contributed by atoms with Gasteiger partial charge in [0.1, 0.15) is 0 Å². The molecule has 1 heterocycles. The number of hydrogen-bond acceptors (Lipinski definition) is 4. The molecule has 0 unspecified atom stereocenters. The zero-order chi connectivity index (χ0) is 15.3. The number of nitrogens with zero attached hydrogens (tertiary/aromatic N) is 2. The van der Waals surface area contributed by atoms with Crippen LogP contribution in [-0.4, -0.2) is 24.1 Å². The molecule has 0 aliphatic rings. The molecule has 0 aliphatic heterocycles. The summed E-state index contributed by atoms with van der Waals surface area (Å²) in [6.45, 7) is 15.5. The lowest BCUT2D eigenvalue weighted by atomic mass is 10.0. The molecule has 4 heteroatoms. The molecule has 1 aromatic rings. The van der Waals surface area contributed by atoms with E-state index in [9.17, 15) is 0 Å². The van der Waals surface area contributed by atoms with Crippen LogP contribution in [-0.2, 0) is 13.0 Å². The Kier molecular flexibility index (Phi) is 6.46. The van der Waals surface area contributed by atoms with E-state index in [0.717, 1.165) is 31.1 Å². The van der Waals surface area contributed by atoms with Crippen LogP contribution in [0.2, 0.25) is 0 Å². The van der Waals surface area contributed by atoms with Crippen molar-refractivity contribution in [1.29, 1.82) is 0 Å². The first-order valence-electron chi connectivity index (χ1n) is 7.74. The topological polar surface area (TPSA) is 28.2 Å². The van der Waals surface area contributed by atoms with Gasteiger partial charge in [-0.1, -0.05) is 27.7 Å². The summed E-state index contributed by atoms with van der Waals surface area (Å²) in [5, 5.41) is 4.68. The molecule has 0 radical (unpaired) electrons. The van der Waals surface area contributed by atoms with E-state index in [2.05, 4.69) is 58.8 Å². The Bertz CT molecular complexity index is 410. The Morgan fingerprint density at radius 2 is 1.95 bits per heavy atom. The van der Waals surface area contributed by atoms with Gasteiger partial charge in [0.25, 0.3) is 0 Å². The molecule has 0 saturated heterocycles. The van der Waals surface area contributed by atoms with Gasteiger partial charge in [0.2, 0.25) is 0 Å². The molecule has 116 valence electrons. The summed E-state index contributed by atoms with van der Waals surface area (Å²) >= 11 is 1.84. The van der Waals surface area contributed by atoms with Crippen molar-refractivity contribution in [2.24, 2.45) is 5.92 Å². The summed E-state index contributed by atoms with van der Waals surface area (Å²) in [7, 11) is 2.16.